The van der Waals surface area contributed by atoms with Gasteiger partial charge in [0.2, 0.25) is 0 Å². The average Bonchev–Trinajstić information content (AvgIpc) is 3.03. The van der Waals surface area contributed by atoms with Crippen LogP contribution in [0.3, 0.4) is 0 Å². The van der Waals surface area contributed by atoms with Crippen LogP contribution in [0, 0.1) is 13.8 Å². The second-order valence-electron chi connectivity index (χ2n) is 4.96. The van der Waals surface area contributed by atoms with Crippen LogP contribution < -0.4 is 15.4 Å². The van der Waals surface area contributed by atoms with Gasteiger partial charge in [0.05, 0.1) is 19.3 Å². The molecule has 0 radical (unpaired) electrons. The van der Waals surface area contributed by atoms with E-state index in [9.17, 15) is 0 Å². The van der Waals surface area contributed by atoms with Gasteiger partial charge in [-0.2, -0.15) is 11.3 Å². The first-order valence-corrected chi connectivity index (χ1v) is 8.04. The van der Waals surface area contributed by atoms with Crippen molar-refractivity contribution in [2.45, 2.75) is 26.9 Å². The van der Waals surface area contributed by atoms with Crippen molar-refractivity contribution in [3.8, 4) is 5.75 Å². The Morgan fingerprint density at radius 3 is 2.73 bits per heavy atom. The number of hydrogen-bond donors (Lipinski definition) is 2. The first-order valence-electron chi connectivity index (χ1n) is 7.10. The minimum Gasteiger partial charge on any atom is -0.496 e. The summed E-state index contributed by atoms with van der Waals surface area (Å²) in [6, 6.07) is 2.10. The topological polar surface area (TPSA) is 58.5 Å². The van der Waals surface area contributed by atoms with Crippen LogP contribution >= 0.6 is 11.3 Å². The SMILES string of the molecule is CN=C(NCc1ccsc1)NCc1ncc(C)c(OC)c1C. The average molecular weight is 318 g/mol. The van der Waals surface area contributed by atoms with Crippen LogP contribution in [0.2, 0.25) is 0 Å². The van der Waals surface area contributed by atoms with Crippen molar-refractivity contribution in [3.05, 3.63) is 45.4 Å². The molecule has 0 amide bonds. The van der Waals surface area contributed by atoms with E-state index in [0.717, 1.165) is 35.1 Å². The molecular weight excluding hydrogens is 296 g/mol. The van der Waals surface area contributed by atoms with Crippen molar-refractivity contribution in [2.24, 2.45) is 4.99 Å². The molecule has 0 unspecified atom stereocenters. The molecule has 5 nitrogen and oxygen atoms in total. The Balaban J connectivity index is 1.96. The van der Waals surface area contributed by atoms with Crippen LogP contribution in [0.4, 0.5) is 0 Å². The van der Waals surface area contributed by atoms with Crippen molar-refractivity contribution in [3.63, 3.8) is 0 Å². The summed E-state index contributed by atoms with van der Waals surface area (Å²) in [6.07, 6.45) is 1.84. The number of aromatic nitrogens is 1. The van der Waals surface area contributed by atoms with Gasteiger partial charge in [0, 0.05) is 30.9 Å². The van der Waals surface area contributed by atoms with Crippen LogP contribution in [0.25, 0.3) is 0 Å². The molecule has 0 aliphatic carbocycles. The molecular formula is C16H22N4OS. The molecule has 2 aromatic rings. The number of nitrogens with one attached hydrogen (secondary N) is 2. The number of nitrogens with zero attached hydrogens (tertiary/aromatic N) is 2. The Morgan fingerprint density at radius 2 is 2.09 bits per heavy atom. The molecule has 0 aliphatic rings. The number of hydrogen-bond acceptors (Lipinski definition) is 4. The number of methoxy groups -OCH3 is 1. The molecule has 118 valence electrons. The molecule has 0 bridgehead atoms. The van der Waals surface area contributed by atoms with E-state index in [2.05, 4.69) is 37.4 Å². The molecule has 6 heteroatoms. The summed E-state index contributed by atoms with van der Waals surface area (Å²) in [5, 5.41) is 10.8. The maximum atomic E-state index is 5.43. The molecule has 0 aliphatic heterocycles. The fourth-order valence-electron chi connectivity index (χ4n) is 2.22. The maximum absolute atomic E-state index is 5.43. The molecule has 2 rings (SSSR count). The number of aliphatic imine (C=N–C) groups is 1. The van der Waals surface area contributed by atoms with Crippen molar-refractivity contribution in [1.29, 1.82) is 0 Å². The highest BCUT2D eigenvalue weighted by molar-refractivity contribution is 7.07. The van der Waals surface area contributed by atoms with Crippen molar-refractivity contribution < 1.29 is 4.74 Å². The molecule has 0 saturated carbocycles. The number of aryl methyl sites for hydroxylation is 1. The monoisotopic (exact) mass is 318 g/mol. The summed E-state index contributed by atoms with van der Waals surface area (Å²) in [6.45, 7) is 5.38. The van der Waals surface area contributed by atoms with Gasteiger partial charge < -0.3 is 15.4 Å². The molecule has 2 aromatic heterocycles. The van der Waals surface area contributed by atoms with E-state index in [0.29, 0.717) is 6.54 Å². The van der Waals surface area contributed by atoms with E-state index in [1.165, 1.54) is 5.56 Å². The first-order chi connectivity index (χ1) is 10.7. The van der Waals surface area contributed by atoms with Gasteiger partial charge in [0.15, 0.2) is 5.96 Å². The number of guanidine groups is 1. The van der Waals surface area contributed by atoms with Gasteiger partial charge in [-0.05, 0) is 36.2 Å². The highest BCUT2D eigenvalue weighted by Crippen LogP contribution is 2.23. The fourth-order valence-corrected chi connectivity index (χ4v) is 2.89. The zero-order valence-corrected chi connectivity index (χ0v) is 14.3. The van der Waals surface area contributed by atoms with E-state index in [4.69, 9.17) is 4.74 Å². The van der Waals surface area contributed by atoms with Crippen molar-refractivity contribution >= 4 is 17.3 Å². The number of thiophene rings is 1. The Hall–Kier alpha value is -2.08. The fraction of sp³-hybridized carbons (Fsp3) is 0.375. The van der Waals surface area contributed by atoms with E-state index < -0.39 is 0 Å². The van der Waals surface area contributed by atoms with Crippen LogP contribution in [0.5, 0.6) is 5.75 Å². The number of rotatable bonds is 5. The van der Waals surface area contributed by atoms with Crippen LogP contribution in [-0.4, -0.2) is 25.1 Å². The Bertz CT molecular complexity index is 638. The summed E-state index contributed by atoms with van der Waals surface area (Å²) in [5.74, 6) is 1.65. The highest BCUT2D eigenvalue weighted by atomic mass is 32.1. The van der Waals surface area contributed by atoms with E-state index >= 15 is 0 Å². The van der Waals surface area contributed by atoms with Crippen LogP contribution in [0.1, 0.15) is 22.4 Å². The second kappa shape index (κ2) is 7.79. The lowest BCUT2D eigenvalue weighted by molar-refractivity contribution is 0.406. The van der Waals surface area contributed by atoms with Crippen molar-refractivity contribution in [1.82, 2.24) is 15.6 Å². The summed E-state index contributed by atoms with van der Waals surface area (Å²) >= 11 is 1.69. The van der Waals surface area contributed by atoms with E-state index in [1.54, 1.807) is 25.5 Å². The quantitative estimate of drug-likeness (QED) is 0.657. The Morgan fingerprint density at radius 1 is 1.32 bits per heavy atom. The lowest BCUT2D eigenvalue weighted by Crippen LogP contribution is -2.36. The Kier molecular flexibility index (Phi) is 5.77. The van der Waals surface area contributed by atoms with Gasteiger partial charge in [0.25, 0.3) is 0 Å². The van der Waals surface area contributed by atoms with Crippen LogP contribution in [-0.2, 0) is 13.1 Å². The van der Waals surface area contributed by atoms with Gasteiger partial charge in [-0.1, -0.05) is 0 Å². The third-order valence-corrected chi connectivity index (χ3v) is 4.17. The zero-order valence-electron chi connectivity index (χ0n) is 13.4. The van der Waals surface area contributed by atoms with E-state index in [1.807, 2.05) is 20.0 Å². The standard InChI is InChI=1S/C16H22N4OS/c1-11-7-18-14(12(2)15(11)21-4)9-20-16(17-3)19-8-13-5-6-22-10-13/h5-7,10H,8-9H2,1-4H3,(H2,17,19,20). The zero-order chi connectivity index (χ0) is 15.9. The summed E-state index contributed by atoms with van der Waals surface area (Å²) in [7, 11) is 3.45. The Labute approximate surface area is 135 Å². The molecule has 0 saturated heterocycles. The molecule has 0 spiro atoms. The van der Waals surface area contributed by atoms with Crippen LogP contribution in [0.15, 0.2) is 28.0 Å². The molecule has 22 heavy (non-hydrogen) atoms. The van der Waals surface area contributed by atoms with Gasteiger partial charge in [-0.25, -0.2) is 0 Å². The summed E-state index contributed by atoms with van der Waals surface area (Å²) in [5.41, 5.74) is 4.31. The number of ether oxygens (including phenoxy) is 1. The normalized spacial score (nSPS) is 11.4. The maximum Gasteiger partial charge on any atom is 0.191 e. The third kappa shape index (κ3) is 3.98. The lowest BCUT2D eigenvalue weighted by atomic mass is 10.1. The summed E-state index contributed by atoms with van der Waals surface area (Å²) in [4.78, 5) is 8.71. The summed E-state index contributed by atoms with van der Waals surface area (Å²) < 4.78 is 5.43. The smallest absolute Gasteiger partial charge is 0.191 e. The van der Waals surface area contributed by atoms with Gasteiger partial charge in [-0.15, -0.1) is 0 Å². The third-order valence-electron chi connectivity index (χ3n) is 3.44. The first kappa shape index (κ1) is 16.3. The molecule has 0 aromatic carbocycles. The minimum absolute atomic E-state index is 0.603. The molecule has 2 N–H and O–H groups in total. The molecule has 0 atom stereocenters. The van der Waals surface area contributed by atoms with Gasteiger partial charge in [-0.3, -0.25) is 9.98 Å². The van der Waals surface area contributed by atoms with Gasteiger partial charge in [0.1, 0.15) is 5.75 Å². The van der Waals surface area contributed by atoms with E-state index in [-0.39, 0.29) is 0 Å². The highest BCUT2D eigenvalue weighted by Gasteiger charge is 2.09. The van der Waals surface area contributed by atoms with Gasteiger partial charge >= 0.3 is 0 Å². The van der Waals surface area contributed by atoms with Crippen molar-refractivity contribution in [2.75, 3.05) is 14.2 Å². The predicted molar refractivity (Wildman–Crippen MR) is 91.6 cm³/mol. The minimum atomic E-state index is 0.603. The molecule has 2 heterocycles. The molecule has 0 fully saturated rings. The lowest BCUT2D eigenvalue weighted by Gasteiger charge is -2.15. The second-order valence-corrected chi connectivity index (χ2v) is 5.74. The predicted octanol–water partition coefficient (Wildman–Crippen LogP) is 2.63. The number of pyridine rings is 1. The largest absolute Gasteiger partial charge is 0.496 e.